The minimum absolute atomic E-state index is 0.137. The van der Waals surface area contributed by atoms with Crippen molar-refractivity contribution >= 4 is 45.4 Å². The second-order valence-corrected chi connectivity index (χ2v) is 8.13. The summed E-state index contributed by atoms with van der Waals surface area (Å²) in [4.78, 5) is 10.5. The van der Waals surface area contributed by atoms with Crippen LogP contribution in [0.2, 0.25) is 10.0 Å². The molecule has 0 aliphatic heterocycles. The molecule has 0 saturated carbocycles. The fraction of sp³-hybridized carbons (Fsp3) is 0.250. The number of nitrogens with zero attached hydrogens (tertiary/aromatic N) is 2. The molecule has 0 bridgehead atoms. The van der Waals surface area contributed by atoms with Crippen molar-refractivity contribution in [3.63, 3.8) is 0 Å². The zero-order valence-electron chi connectivity index (χ0n) is 14.4. The third-order valence-corrected chi connectivity index (χ3v) is 4.67. The van der Waals surface area contributed by atoms with E-state index < -0.39 is 16.1 Å². The number of sulfonamides is 1. The molecule has 1 aromatic heterocycles. The first kappa shape index (κ1) is 21.1. The van der Waals surface area contributed by atoms with Gasteiger partial charge in [-0.3, -0.25) is 4.68 Å². The average molecular weight is 434 g/mol. The first-order valence-electron chi connectivity index (χ1n) is 7.68. The van der Waals surface area contributed by atoms with Crippen molar-refractivity contribution in [3.8, 4) is 5.88 Å². The van der Waals surface area contributed by atoms with Crippen LogP contribution in [0.25, 0.3) is 6.08 Å². The normalized spacial score (nSPS) is 11.9. The van der Waals surface area contributed by atoms with Gasteiger partial charge >= 0.3 is 6.09 Å². The van der Waals surface area contributed by atoms with Crippen LogP contribution >= 0.6 is 23.2 Å². The molecule has 0 fully saturated rings. The van der Waals surface area contributed by atoms with Gasteiger partial charge in [0.1, 0.15) is 0 Å². The van der Waals surface area contributed by atoms with Crippen LogP contribution in [0.3, 0.4) is 0 Å². The number of hydrogen-bond donors (Lipinski definition) is 2. The zero-order valence-corrected chi connectivity index (χ0v) is 16.7. The SMILES string of the molecule is CC(C)Oc1cc(/C=C/S(=O)(=O)NC(=O)O)n(Cc2ccc(Cl)cc2Cl)n1. The molecule has 0 aliphatic carbocycles. The minimum Gasteiger partial charge on any atom is -0.474 e. The van der Waals surface area contributed by atoms with E-state index in [0.29, 0.717) is 27.2 Å². The lowest BCUT2D eigenvalue weighted by atomic mass is 10.2. The second kappa shape index (κ2) is 8.64. The van der Waals surface area contributed by atoms with Crippen molar-refractivity contribution in [3.05, 3.63) is 51.0 Å². The van der Waals surface area contributed by atoms with Crippen molar-refractivity contribution in [1.82, 2.24) is 14.5 Å². The van der Waals surface area contributed by atoms with Gasteiger partial charge in [-0.05, 0) is 37.6 Å². The first-order valence-corrected chi connectivity index (χ1v) is 9.98. The molecule has 1 amide bonds. The molecule has 27 heavy (non-hydrogen) atoms. The van der Waals surface area contributed by atoms with Gasteiger partial charge in [-0.15, -0.1) is 5.10 Å². The monoisotopic (exact) mass is 433 g/mol. The Kier molecular flexibility index (Phi) is 6.74. The lowest BCUT2D eigenvalue weighted by molar-refractivity contribution is 0.201. The summed E-state index contributed by atoms with van der Waals surface area (Å²) < 4.78 is 31.8. The van der Waals surface area contributed by atoms with Crippen molar-refractivity contribution in [2.24, 2.45) is 0 Å². The Morgan fingerprint density at radius 1 is 1.37 bits per heavy atom. The first-order chi connectivity index (χ1) is 12.6. The Hall–Kier alpha value is -2.23. The number of rotatable bonds is 7. The largest absolute Gasteiger partial charge is 0.474 e. The Balaban J connectivity index is 2.37. The van der Waals surface area contributed by atoms with Crippen LogP contribution in [0, 0.1) is 0 Å². The summed E-state index contributed by atoms with van der Waals surface area (Å²) in [6.07, 6.45) is -0.596. The van der Waals surface area contributed by atoms with Crippen molar-refractivity contribution in [2.75, 3.05) is 0 Å². The lowest BCUT2D eigenvalue weighted by Crippen LogP contribution is -2.26. The molecule has 0 unspecified atom stereocenters. The molecular formula is C16H17Cl2N3O5S. The molecule has 2 rings (SSSR count). The van der Waals surface area contributed by atoms with Gasteiger partial charge in [-0.1, -0.05) is 29.3 Å². The van der Waals surface area contributed by atoms with Gasteiger partial charge in [0.15, 0.2) is 0 Å². The lowest BCUT2D eigenvalue weighted by Gasteiger charge is -2.08. The number of nitrogens with one attached hydrogen (secondary N) is 1. The van der Waals surface area contributed by atoms with E-state index in [4.69, 9.17) is 33.0 Å². The highest BCUT2D eigenvalue weighted by atomic mass is 35.5. The summed E-state index contributed by atoms with van der Waals surface area (Å²) in [6, 6.07) is 6.53. The van der Waals surface area contributed by atoms with E-state index in [2.05, 4.69) is 5.10 Å². The van der Waals surface area contributed by atoms with E-state index in [9.17, 15) is 13.2 Å². The average Bonchev–Trinajstić information content (AvgIpc) is 2.87. The molecule has 0 spiro atoms. The van der Waals surface area contributed by atoms with E-state index in [1.807, 2.05) is 13.8 Å². The molecule has 1 heterocycles. The summed E-state index contributed by atoms with van der Waals surface area (Å²) in [6.45, 7) is 3.88. The zero-order chi connectivity index (χ0) is 20.2. The van der Waals surface area contributed by atoms with Crippen LogP contribution in [-0.2, 0) is 16.6 Å². The molecule has 0 atom stereocenters. The van der Waals surface area contributed by atoms with Gasteiger partial charge in [0.05, 0.1) is 23.8 Å². The van der Waals surface area contributed by atoms with E-state index >= 15 is 0 Å². The summed E-state index contributed by atoms with van der Waals surface area (Å²) in [5, 5.41) is 14.5. The molecule has 2 N–H and O–H groups in total. The highest BCUT2D eigenvalue weighted by Gasteiger charge is 2.13. The maximum atomic E-state index is 11.7. The van der Waals surface area contributed by atoms with Crippen molar-refractivity contribution in [2.45, 2.75) is 26.5 Å². The van der Waals surface area contributed by atoms with Gasteiger partial charge in [0.25, 0.3) is 10.0 Å². The van der Waals surface area contributed by atoms with Gasteiger partial charge in [-0.25, -0.2) is 17.9 Å². The molecule has 11 heteroatoms. The van der Waals surface area contributed by atoms with Crippen LogP contribution < -0.4 is 9.46 Å². The number of carboxylic acid groups (broad SMARTS) is 1. The smallest absolute Gasteiger partial charge is 0.418 e. The Morgan fingerprint density at radius 3 is 2.67 bits per heavy atom. The quantitative estimate of drug-likeness (QED) is 0.689. The van der Waals surface area contributed by atoms with Crippen molar-refractivity contribution < 1.29 is 23.1 Å². The molecule has 1 aromatic carbocycles. The van der Waals surface area contributed by atoms with Gasteiger partial charge < -0.3 is 9.84 Å². The Morgan fingerprint density at radius 2 is 2.07 bits per heavy atom. The fourth-order valence-electron chi connectivity index (χ4n) is 2.09. The Bertz CT molecular complexity index is 970. The summed E-state index contributed by atoms with van der Waals surface area (Å²) in [5.41, 5.74) is 1.09. The van der Waals surface area contributed by atoms with Gasteiger partial charge in [0, 0.05) is 16.1 Å². The number of ether oxygens (including phenoxy) is 1. The highest BCUT2D eigenvalue weighted by molar-refractivity contribution is 7.93. The number of amides is 1. The number of hydrogen-bond acceptors (Lipinski definition) is 5. The predicted molar refractivity (Wildman–Crippen MR) is 103 cm³/mol. The third-order valence-electron chi connectivity index (χ3n) is 3.13. The maximum Gasteiger partial charge on any atom is 0.418 e. The topological polar surface area (TPSA) is 111 Å². The standard InChI is InChI=1S/C16H17Cl2N3O5S/c1-10(2)26-15-8-13(5-6-27(24,25)20-16(22)23)21(19-15)9-11-3-4-12(17)7-14(11)18/h3-8,10,20H,9H2,1-2H3,(H,22,23)/b6-5+. The Labute approximate surface area is 166 Å². The molecule has 0 radical (unpaired) electrons. The van der Waals surface area contributed by atoms with Gasteiger partial charge in [0.2, 0.25) is 5.88 Å². The predicted octanol–water partition coefficient (Wildman–Crippen LogP) is 3.59. The molecule has 146 valence electrons. The highest BCUT2D eigenvalue weighted by Crippen LogP contribution is 2.24. The summed E-state index contributed by atoms with van der Waals surface area (Å²) in [7, 11) is -4.15. The van der Waals surface area contributed by atoms with Crippen LogP contribution in [0.5, 0.6) is 5.88 Å². The van der Waals surface area contributed by atoms with Crippen LogP contribution in [0.4, 0.5) is 4.79 Å². The van der Waals surface area contributed by atoms with Crippen LogP contribution in [0.15, 0.2) is 29.7 Å². The number of benzene rings is 1. The van der Waals surface area contributed by atoms with E-state index in [1.54, 1.807) is 18.2 Å². The molecule has 0 aliphatic rings. The summed E-state index contributed by atoms with van der Waals surface area (Å²) >= 11 is 12.1. The number of carbonyl (C=O) groups is 1. The second-order valence-electron chi connectivity index (χ2n) is 5.72. The molecular weight excluding hydrogens is 417 g/mol. The molecule has 2 aromatic rings. The summed E-state index contributed by atoms with van der Waals surface area (Å²) in [5.74, 6) is 0.290. The third kappa shape index (κ3) is 6.46. The van der Waals surface area contributed by atoms with Gasteiger partial charge in [-0.2, -0.15) is 0 Å². The van der Waals surface area contributed by atoms with Crippen molar-refractivity contribution in [1.29, 1.82) is 0 Å². The minimum atomic E-state index is -4.15. The number of aromatic nitrogens is 2. The maximum absolute atomic E-state index is 11.7. The van der Waals surface area contributed by atoms with E-state index in [-0.39, 0.29) is 12.6 Å². The van der Waals surface area contributed by atoms with E-state index in [0.717, 1.165) is 5.41 Å². The van der Waals surface area contributed by atoms with E-state index in [1.165, 1.54) is 21.5 Å². The number of halogens is 2. The van der Waals surface area contributed by atoms with Crippen LogP contribution in [0.1, 0.15) is 25.1 Å². The molecule has 0 saturated heterocycles. The fourth-order valence-corrected chi connectivity index (χ4v) is 3.19. The van der Waals surface area contributed by atoms with Crippen LogP contribution in [-0.4, -0.2) is 35.5 Å². The molecule has 8 nitrogen and oxygen atoms in total.